The van der Waals surface area contributed by atoms with E-state index in [2.05, 4.69) is 26.3 Å². The summed E-state index contributed by atoms with van der Waals surface area (Å²) in [7, 11) is -3.39. The highest BCUT2D eigenvalue weighted by Gasteiger charge is 2.10. The van der Waals surface area contributed by atoms with Gasteiger partial charge in [-0.2, -0.15) is 5.26 Å². The Bertz CT molecular complexity index is 797. The fraction of sp³-hybridized carbons (Fsp3) is 0.267. The molecule has 120 valence electrons. The molecule has 2 aromatic rings. The number of benzene rings is 1. The van der Waals surface area contributed by atoms with Crippen LogP contribution in [-0.2, 0) is 10.0 Å². The van der Waals surface area contributed by atoms with Crippen LogP contribution in [-0.4, -0.2) is 24.4 Å². The van der Waals surface area contributed by atoms with Gasteiger partial charge in [0.05, 0.1) is 17.4 Å². The zero-order valence-electron chi connectivity index (χ0n) is 12.7. The molecule has 2 N–H and O–H groups in total. The lowest BCUT2D eigenvalue weighted by molar-refractivity contribution is 0.597. The van der Waals surface area contributed by atoms with Crippen molar-refractivity contribution < 1.29 is 8.42 Å². The van der Waals surface area contributed by atoms with Crippen molar-refractivity contribution in [2.24, 2.45) is 0 Å². The summed E-state index contributed by atoms with van der Waals surface area (Å²) in [5, 5.41) is 19.6. The molecule has 0 amide bonds. The molecule has 1 aromatic heterocycles. The molecule has 0 radical (unpaired) electrons. The molecule has 2 rings (SSSR count). The number of nitriles is 1. The van der Waals surface area contributed by atoms with Crippen LogP contribution in [0, 0.1) is 11.3 Å². The van der Waals surface area contributed by atoms with Gasteiger partial charge in [0.1, 0.15) is 0 Å². The number of hydrogen-bond acceptors (Lipinski definition) is 6. The molecule has 0 fully saturated rings. The van der Waals surface area contributed by atoms with Crippen molar-refractivity contribution in [2.75, 3.05) is 15.8 Å². The summed E-state index contributed by atoms with van der Waals surface area (Å²) in [6, 6.07) is 12.1. The number of sulfonamides is 1. The molecule has 7 nitrogen and oxygen atoms in total. The third-order valence-electron chi connectivity index (χ3n) is 2.96. The van der Waals surface area contributed by atoms with Gasteiger partial charge in [0.2, 0.25) is 10.0 Å². The van der Waals surface area contributed by atoms with Gasteiger partial charge in [-0.05, 0) is 36.8 Å². The van der Waals surface area contributed by atoms with Crippen LogP contribution in [0.15, 0.2) is 36.4 Å². The van der Waals surface area contributed by atoms with Crippen LogP contribution < -0.4 is 10.0 Å². The van der Waals surface area contributed by atoms with Crippen molar-refractivity contribution in [3.8, 4) is 6.07 Å². The van der Waals surface area contributed by atoms with E-state index in [9.17, 15) is 8.42 Å². The predicted octanol–water partition coefficient (Wildman–Crippen LogP) is 2.63. The minimum Gasteiger partial charge on any atom is -0.339 e. The van der Waals surface area contributed by atoms with E-state index in [0.717, 1.165) is 6.42 Å². The lowest BCUT2D eigenvalue weighted by Gasteiger charge is -2.08. The zero-order valence-corrected chi connectivity index (χ0v) is 13.5. The van der Waals surface area contributed by atoms with Crippen molar-refractivity contribution in [3.63, 3.8) is 0 Å². The first kappa shape index (κ1) is 16.7. The molecule has 1 heterocycles. The molecule has 1 aromatic carbocycles. The fourth-order valence-electron chi connectivity index (χ4n) is 1.81. The molecule has 23 heavy (non-hydrogen) atoms. The number of anilines is 3. The third kappa shape index (κ3) is 5.23. The largest absolute Gasteiger partial charge is 0.339 e. The van der Waals surface area contributed by atoms with Gasteiger partial charge in [0.25, 0.3) is 0 Å². The number of nitrogens with zero attached hydrogens (tertiary/aromatic N) is 3. The molecule has 0 aliphatic carbocycles. The Labute approximate surface area is 135 Å². The van der Waals surface area contributed by atoms with Crippen LogP contribution >= 0.6 is 0 Å². The maximum atomic E-state index is 11.8. The Morgan fingerprint density at radius 3 is 2.57 bits per heavy atom. The highest BCUT2D eigenvalue weighted by atomic mass is 32.2. The monoisotopic (exact) mass is 331 g/mol. The van der Waals surface area contributed by atoms with Gasteiger partial charge in [-0.25, -0.2) is 8.42 Å². The van der Waals surface area contributed by atoms with Crippen LogP contribution in [0.3, 0.4) is 0 Å². The Hall–Kier alpha value is -2.66. The van der Waals surface area contributed by atoms with E-state index < -0.39 is 10.0 Å². The number of rotatable bonds is 7. The van der Waals surface area contributed by atoms with Crippen LogP contribution in [0.5, 0.6) is 0 Å². The summed E-state index contributed by atoms with van der Waals surface area (Å²) in [5.41, 5.74) is 1.23. The van der Waals surface area contributed by atoms with Crippen molar-refractivity contribution in [3.05, 3.63) is 42.0 Å². The lowest BCUT2D eigenvalue weighted by atomic mass is 10.2. The Kier molecular flexibility index (Phi) is 5.49. The van der Waals surface area contributed by atoms with Gasteiger partial charge in [0, 0.05) is 5.69 Å². The summed E-state index contributed by atoms with van der Waals surface area (Å²) >= 11 is 0. The summed E-state index contributed by atoms with van der Waals surface area (Å²) in [5.74, 6) is 0.695. The molecule has 0 aliphatic rings. The molecule has 0 unspecified atom stereocenters. The first-order chi connectivity index (χ1) is 11.0. The van der Waals surface area contributed by atoms with E-state index in [1.54, 1.807) is 30.3 Å². The molecular weight excluding hydrogens is 314 g/mol. The number of unbranched alkanes of at least 4 members (excludes halogenated alkanes) is 1. The van der Waals surface area contributed by atoms with E-state index in [0.29, 0.717) is 23.5 Å². The van der Waals surface area contributed by atoms with E-state index in [1.165, 1.54) is 6.07 Å². The van der Waals surface area contributed by atoms with E-state index in [-0.39, 0.29) is 11.6 Å². The molecule has 0 atom stereocenters. The van der Waals surface area contributed by atoms with E-state index in [4.69, 9.17) is 5.26 Å². The maximum absolute atomic E-state index is 11.8. The second-order valence-corrected chi connectivity index (χ2v) is 6.74. The molecule has 0 bridgehead atoms. The standard InChI is InChI=1S/C15H17N5O2S/c1-2-3-9-23(21,22)20-15-8-7-14(18-19-15)17-13-6-4-5-12(10-13)11-16/h4-8,10H,2-3,9H2,1H3,(H,17,18)(H,19,20). The van der Waals surface area contributed by atoms with Crippen LogP contribution in [0.2, 0.25) is 0 Å². The Morgan fingerprint density at radius 2 is 1.91 bits per heavy atom. The van der Waals surface area contributed by atoms with Crippen LogP contribution in [0.25, 0.3) is 0 Å². The maximum Gasteiger partial charge on any atom is 0.233 e. The van der Waals surface area contributed by atoms with Gasteiger partial charge in [0.15, 0.2) is 11.6 Å². The SMILES string of the molecule is CCCCS(=O)(=O)Nc1ccc(Nc2cccc(C#N)c2)nn1. The predicted molar refractivity (Wildman–Crippen MR) is 88.8 cm³/mol. The van der Waals surface area contributed by atoms with Gasteiger partial charge in [-0.1, -0.05) is 19.4 Å². The van der Waals surface area contributed by atoms with E-state index in [1.807, 2.05) is 6.92 Å². The van der Waals surface area contributed by atoms with E-state index >= 15 is 0 Å². The minimum absolute atomic E-state index is 0.0616. The zero-order chi connectivity index (χ0) is 16.7. The second-order valence-electron chi connectivity index (χ2n) is 4.90. The van der Waals surface area contributed by atoms with Crippen molar-refractivity contribution in [1.82, 2.24) is 10.2 Å². The van der Waals surface area contributed by atoms with Crippen molar-refractivity contribution >= 4 is 27.3 Å². The van der Waals surface area contributed by atoms with Gasteiger partial charge >= 0.3 is 0 Å². The van der Waals surface area contributed by atoms with Gasteiger partial charge < -0.3 is 5.32 Å². The highest BCUT2D eigenvalue weighted by molar-refractivity contribution is 7.92. The molecule has 8 heteroatoms. The highest BCUT2D eigenvalue weighted by Crippen LogP contribution is 2.16. The quantitative estimate of drug-likeness (QED) is 0.807. The van der Waals surface area contributed by atoms with Crippen molar-refractivity contribution in [2.45, 2.75) is 19.8 Å². The normalized spacial score (nSPS) is 10.8. The summed E-state index contributed by atoms with van der Waals surface area (Å²) in [6.45, 7) is 1.93. The summed E-state index contributed by atoms with van der Waals surface area (Å²) < 4.78 is 26.0. The lowest BCUT2D eigenvalue weighted by Crippen LogP contribution is -2.17. The minimum atomic E-state index is -3.39. The summed E-state index contributed by atoms with van der Waals surface area (Å²) in [6.07, 6.45) is 1.40. The number of nitrogens with one attached hydrogen (secondary N) is 2. The van der Waals surface area contributed by atoms with Crippen LogP contribution in [0.4, 0.5) is 17.3 Å². The average molecular weight is 331 g/mol. The number of hydrogen-bond donors (Lipinski definition) is 2. The first-order valence-corrected chi connectivity index (χ1v) is 8.79. The Morgan fingerprint density at radius 1 is 1.17 bits per heavy atom. The fourth-order valence-corrected chi connectivity index (χ4v) is 3.01. The topological polar surface area (TPSA) is 108 Å². The second kappa shape index (κ2) is 7.56. The Balaban J connectivity index is 2.03. The molecule has 0 saturated heterocycles. The molecule has 0 aliphatic heterocycles. The molecule has 0 spiro atoms. The molecule has 0 saturated carbocycles. The smallest absolute Gasteiger partial charge is 0.233 e. The van der Waals surface area contributed by atoms with Gasteiger partial charge in [-0.15, -0.1) is 10.2 Å². The van der Waals surface area contributed by atoms with Crippen LogP contribution in [0.1, 0.15) is 25.3 Å². The summed E-state index contributed by atoms with van der Waals surface area (Å²) in [4.78, 5) is 0. The molecular formula is C15H17N5O2S. The number of aromatic nitrogens is 2. The first-order valence-electron chi connectivity index (χ1n) is 7.14. The van der Waals surface area contributed by atoms with Gasteiger partial charge in [-0.3, -0.25) is 4.72 Å². The average Bonchev–Trinajstić information content (AvgIpc) is 2.55. The third-order valence-corrected chi connectivity index (χ3v) is 4.30. The van der Waals surface area contributed by atoms with Crippen molar-refractivity contribution in [1.29, 1.82) is 5.26 Å².